The van der Waals surface area contributed by atoms with E-state index in [1.165, 1.54) is 5.56 Å². The fourth-order valence-corrected chi connectivity index (χ4v) is 5.43. The Balaban J connectivity index is 1.32. The lowest BCUT2D eigenvalue weighted by Gasteiger charge is -2.35. The van der Waals surface area contributed by atoms with Crippen LogP contribution in [0.1, 0.15) is 40.4 Å². The van der Waals surface area contributed by atoms with Crippen LogP contribution in [0.15, 0.2) is 41.6 Å². The third kappa shape index (κ3) is 4.04. The smallest absolute Gasteiger partial charge is 0.259 e. The summed E-state index contributed by atoms with van der Waals surface area (Å²) in [6.07, 6.45) is 7.32. The van der Waals surface area contributed by atoms with Crippen molar-refractivity contribution in [2.24, 2.45) is 0 Å². The van der Waals surface area contributed by atoms with Gasteiger partial charge in [-0.2, -0.15) is 5.10 Å². The maximum atomic E-state index is 13.6. The molecule has 4 aromatic rings. The highest BCUT2D eigenvalue weighted by Gasteiger charge is 2.26. The number of pyridine rings is 1. The van der Waals surface area contributed by atoms with Gasteiger partial charge in [0, 0.05) is 69.3 Å². The molecule has 0 radical (unpaired) electrons. The number of carbonyl (C=O) groups excluding carboxylic acids is 1. The average Bonchev–Trinajstić information content (AvgIpc) is 3.55. The van der Waals surface area contributed by atoms with Crippen LogP contribution in [0.2, 0.25) is 0 Å². The Bertz CT molecular complexity index is 1420. The first kappa shape index (κ1) is 22.1. The summed E-state index contributed by atoms with van der Waals surface area (Å²) >= 11 is 0. The van der Waals surface area contributed by atoms with Gasteiger partial charge in [-0.3, -0.25) is 19.2 Å². The number of nitrogens with one attached hydrogen (secondary N) is 2. The van der Waals surface area contributed by atoms with Crippen molar-refractivity contribution in [3.8, 4) is 0 Å². The van der Waals surface area contributed by atoms with Gasteiger partial charge in [0.2, 0.25) is 0 Å². The van der Waals surface area contributed by atoms with E-state index in [9.17, 15) is 9.59 Å². The minimum absolute atomic E-state index is 0.0437. The van der Waals surface area contributed by atoms with Crippen LogP contribution in [0.5, 0.6) is 0 Å². The second kappa shape index (κ2) is 8.98. The van der Waals surface area contributed by atoms with Crippen molar-refractivity contribution in [2.75, 3.05) is 39.4 Å². The van der Waals surface area contributed by atoms with Gasteiger partial charge < -0.3 is 19.6 Å². The van der Waals surface area contributed by atoms with E-state index in [2.05, 4.69) is 26.0 Å². The second-order valence-electron chi connectivity index (χ2n) is 9.65. The third-order valence-corrected chi connectivity index (χ3v) is 7.40. The summed E-state index contributed by atoms with van der Waals surface area (Å²) in [6.45, 7) is 7.28. The standard InChI is InChI=1S/C26H30N6O3/c1-17-12-23-21(24-22(25(33)29-23)15-28-32(24)19-3-10-35-11-4-19)13-20(17)26(34)31-8-6-30(7-9-31)16-18-2-5-27-14-18/h2,5,12-15,19,27H,3-4,6-11,16H2,1H3,(H,29,33). The lowest BCUT2D eigenvalue weighted by Crippen LogP contribution is -2.48. The number of carbonyl (C=O) groups is 1. The van der Waals surface area contributed by atoms with Gasteiger partial charge in [-0.25, -0.2) is 0 Å². The lowest BCUT2D eigenvalue weighted by molar-refractivity contribution is 0.0628. The summed E-state index contributed by atoms with van der Waals surface area (Å²) in [5, 5.41) is 6.02. The zero-order valence-electron chi connectivity index (χ0n) is 19.9. The number of amides is 1. The molecule has 2 fully saturated rings. The zero-order valence-corrected chi connectivity index (χ0v) is 19.9. The number of aromatic amines is 2. The zero-order chi connectivity index (χ0) is 23.9. The van der Waals surface area contributed by atoms with Gasteiger partial charge in [-0.15, -0.1) is 0 Å². The minimum atomic E-state index is -0.150. The van der Waals surface area contributed by atoms with Crippen LogP contribution >= 0.6 is 0 Å². The Labute approximate surface area is 202 Å². The van der Waals surface area contributed by atoms with Crippen LogP contribution in [-0.4, -0.2) is 74.8 Å². The minimum Gasteiger partial charge on any atom is -0.381 e. The maximum absolute atomic E-state index is 13.6. The van der Waals surface area contributed by atoms with E-state index in [1.807, 2.05) is 41.0 Å². The Morgan fingerprint density at radius 2 is 1.94 bits per heavy atom. The molecule has 2 N–H and O–H groups in total. The van der Waals surface area contributed by atoms with Crippen molar-refractivity contribution in [1.82, 2.24) is 29.5 Å². The Hall–Kier alpha value is -3.43. The normalized spacial score (nSPS) is 18.0. The molecule has 2 aliphatic heterocycles. The monoisotopic (exact) mass is 474 g/mol. The maximum Gasteiger partial charge on any atom is 0.259 e. The van der Waals surface area contributed by atoms with E-state index in [0.717, 1.165) is 54.5 Å². The summed E-state index contributed by atoms with van der Waals surface area (Å²) in [5.74, 6) is 0.0437. The quantitative estimate of drug-likeness (QED) is 0.474. The molecule has 0 atom stereocenters. The fourth-order valence-electron chi connectivity index (χ4n) is 5.43. The summed E-state index contributed by atoms with van der Waals surface area (Å²) in [4.78, 5) is 36.8. The number of rotatable bonds is 4. The largest absolute Gasteiger partial charge is 0.381 e. The summed E-state index contributed by atoms with van der Waals surface area (Å²) in [6, 6.07) is 6.15. The molecular weight excluding hydrogens is 444 g/mol. The molecule has 5 heterocycles. The first-order chi connectivity index (χ1) is 17.1. The first-order valence-corrected chi connectivity index (χ1v) is 12.3. The molecule has 9 nitrogen and oxygen atoms in total. The van der Waals surface area contributed by atoms with Crippen molar-refractivity contribution in [1.29, 1.82) is 0 Å². The van der Waals surface area contributed by atoms with E-state index < -0.39 is 0 Å². The summed E-state index contributed by atoms with van der Waals surface area (Å²) in [7, 11) is 0. The molecule has 35 heavy (non-hydrogen) atoms. The predicted octanol–water partition coefficient (Wildman–Crippen LogP) is 2.82. The number of fused-ring (bicyclic) bond motifs is 3. The number of aromatic nitrogens is 4. The van der Waals surface area contributed by atoms with E-state index in [4.69, 9.17) is 4.74 Å². The number of nitrogens with zero attached hydrogens (tertiary/aromatic N) is 4. The van der Waals surface area contributed by atoms with Crippen molar-refractivity contribution >= 4 is 27.7 Å². The van der Waals surface area contributed by atoms with Crippen molar-refractivity contribution < 1.29 is 9.53 Å². The van der Waals surface area contributed by atoms with Crippen LogP contribution in [0.3, 0.4) is 0 Å². The van der Waals surface area contributed by atoms with Crippen molar-refractivity contribution in [3.63, 3.8) is 0 Å². The van der Waals surface area contributed by atoms with Gasteiger partial charge >= 0.3 is 0 Å². The molecule has 1 amide bonds. The molecule has 3 aromatic heterocycles. The van der Waals surface area contributed by atoms with Crippen molar-refractivity contribution in [2.45, 2.75) is 32.4 Å². The molecule has 2 saturated heterocycles. The number of ether oxygens (including phenoxy) is 1. The molecule has 1 aromatic carbocycles. The van der Waals surface area contributed by atoms with Gasteiger partial charge in [0.25, 0.3) is 11.5 Å². The van der Waals surface area contributed by atoms with Gasteiger partial charge in [0.15, 0.2) is 0 Å². The van der Waals surface area contributed by atoms with E-state index in [0.29, 0.717) is 37.3 Å². The van der Waals surface area contributed by atoms with Crippen LogP contribution in [0.4, 0.5) is 0 Å². The third-order valence-electron chi connectivity index (χ3n) is 7.40. The predicted molar refractivity (Wildman–Crippen MR) is 134 cm³/mol. The summed E-state index contributed by atoms with van der Waals surface area (Å²) < 4.78 is 7.50. The highest BCUT2D eigenvalue weighted by molar-refractivity contribution is 6.07. The Kier molecular flexibility index (Phi) is 5.66. The highest BCUT2D eigenvalue weighted by atomic mass is 16.5. The molecule has 2 aliphatic rings. The Morgan fingerprint density at radius 3 is 2.69 bits per heavy atom. The molecule has 0 bridgehead atoms. The number of hydrogen-bond donors (Lipinski definition) is 2. The number of hydrogen-bond acceptors (Lipinski definition) is 5. The first-order valence-electron chi connectivity index (χ1n) is 12.3. The molecule has 0 spiro atoms. The highest BCUT2D eigenvalue weighted by Crippen LogP contribution is 2.30. The van der Waals surface area contributed by atoms with Crippen molar-refractivity contribution in [3.05, 3.63) is 63.8 Å². The molecule has 0 saturated carbocycles. The van der Waals surface area contributed by atoms with Gasteiger partial charge in [-0.05, 0) is 49.1 Å². The van der Waals surface area contributed by atoms with Crippen LogP contribution < -0.4 is 5.56 Å². The second-order valence-corrected chi connectivity index (χ2v) is 9.65. The molecular formula is C26H30N6O3. The molecule has 182 valence electrons. The fraction of sp³-hybridized carbons (Fsp3) is 0.423. The van der Waals surface area contributed by atoms with Crippen LogP contribution in [0.25, 0.3) is 21.8 Å². The summed E-state index contributed by atoms with van der Waals surface area (Å²) in [5.41, 5.74) is 4.20. The van der Waals surface area contributed by atoms with Gasteiger partial charge in [-0.1, -0.05) is 0 Å². The van der Waals surface area contributed by atoms with E-state index in [1.54, 1.807) is 6.20 Å². The number of aryl methyl sites for hydroxylation is 1. The topological polar surface area (TPSA) is 99.2 Å². The average molecular weight is 475 g/mol. The van der Waals surface area contributed by atoms with Gasteiger partial charge in [0.05, 0.1) is 28.7 Å². The molecule has 0 aliphatic carbocycles. The number of piperazine rings is 1. The molecule has 9 heteroatoms. The van der Waals surface area contributed by atoms with Crippen LogP contribution in [-0.2, 0) is 11.3 Å². The Morgan fingerprint density at radius 1 is 1.14 bits per heavy atom. The number of H-pyrrole nitrogens is 2. The lowest BCUT2D eigenvalue weighted by atomic mass is 10.0. The van der Waals surface area contributed by atoms with Crippen LogP contribution in [0, 0.1) is 6.92 Å². The molecule has 6 rings (SSSR count). The number of benzene rings is 1. The van der Waals surface area contributed by atoms with E-state index >= 15 is 0 Å². The van der Waals surface area contributed by atoms with E-state index in [-0.39, 0.29) is 17.5 Å². The van der Waals surface area contributed by atoms with Gasteiger partial charge in [0.1, 0.15) is 0 Å². The molecule has 0 unspecified atom stereocenters. The SMILES string of the molecule is Cc1cc2[nH]c(=O)c3cnn(C4CCOCC4)c3c2cc1C(=O)N1CCN(Cc2cc[nH]c2)CC1.